The Balaban J connectivity index is 1.17. The van der Waals surface area contributed by atoms with Crippen molar-refractivity contribution in [2.75, 3.05) is 4.90 Å². The molecule has 3 heteroatoms. The fourth-order valence-corrected chi connectivity index (χ4v) is 8.18. The second kappa shape index (κ2) is 11.2. The highest BCUT2D eigenvalue weighted by Crippen LogP contribution is 2.54. The molecule has 0 amide bonds. The molecule has 0 bridgehead atoms. The van der Waals surface area contributed by atoms with E-state index in [1.54, 1.807) is 11.3 Å². The van der Waals surface area contributed by atoms with E-state index in [9.17, 15) is 0 Å². The van der Waals surface area contributed by atoms with E-state index in [1.165, 1.54) is 43.6 Å². The van der Waals surface area contributed by atoms with Crippen molar-refractivity contribution in [2.45, 2.75) is 32.1 Å². The molecule has 0 N–H and O–H groups in total. The molecular weight excluding hydrogens is 565 g/mol. The molecule has 0 unspecified atom stereocenters. The van der Waals surface area contributed by atoms with Crippen LogP contribution in [0, 0.1) is 0 Å². The fourth-order valence-electron chi connectivity index (χ4n) is 7.22. The van der Waals surface area contributed by atoms with E-state index in [2.05, 4.69) is 164 Å². The van der Waals surface area contributed by atoms with Crippen molar-refractivity contribution in [3.8, 4) is 32.8 Å². The molecule has 6 aromatic carbocycles. The van der Waals surface area contributed by atoms with E-state index in [1.807, 2.05) is 0 Å². The van der Waals surface area contributed by atoms with Crippen LogP contribution in [-0.4, -0.2) is 4.98 Å². The molecule has 0 atom stereocenters. The van der Waals surface area contributed by atoms with E-state index in [0.717, 1.165) is 40.4 Å². The summed E-state index contributed by atoms with van der Waals surface area (Å²) in [5, 5.41) is 1.09. The maximum atomic E-state index is 4.98. The number of benzene rings is 6. The first-order valence-electron chi connectivity index (χ1n) is 15.8. The first-order chi connectivity index (χ1) is 22.2. The predicted octanol–water partition coefficient (Wildman–Crippen LogP) is 12.2. The van der Waals surface area contributed by atoms with Crippen LogP contribution < -0.4 is 4.90 Å². The number of para-hydroxylation sites is 3. The molecule has 2 nitrogen and oxygen atoms in total. The average Bonchev–Trinajstić information content (AvgIpc) is 3.66. The average molecular weight is 599 g/mol. The Morgan fingerprint density at radius 3 is 1.64 bits per heavy atom. The number of fused-ring (bicyclic) bond motifs is 4. The molecule has 45 heavy (non-hydrogen) atoms. The van der Waals surface area contributed by atoms with E-state index in [0.29, 0.717) is 0 Å². The summed E-state index contributed by atoms with van der Waals surface area (Å²) in [4.78, 5) is 7.29. The van der Waals surface area contributed by atoms with Gasteiger partial charge in [-0.05, 0) is 107 Å². The van der Waals surface area contributed by atoms with Crippen molar-refractivity contribution in [1.29, 1.82) is 0 Å². The second-order valence-corrected chi connectivity index (χ2v) is 12.9. The molecule has 0 saturated heterocycles. The van der Waals surface area contributed by atoms with Crippen molar-refractivity contribution in [1.82, 2.24) is 4.98 Å². The molecule has 1 aliphatic rings. The molecular formula is C42H34N2S. The third kappa shape index (κ3) is 4.58. The lowest BCUT2D eigenvalue weighted by Gasteiger charge is -2.30. The van der Waals surface area contributed by atoms with Crippen LogP contribution in [0.15, 0.2) is 146 Å². The van der Waals surface area contributed by atoms with Gasteiger partial charge in [-0.3, -0.25) is 0 Å². The highest BCUT2D eigenvalue weighted by Gasteiger charge is 2.41. The van der Waals surface area contributed by atoms with E-state index >= 15 is 0 Å². The highest BCUT2D eigenvalue weighted by atomic mass is 32.1. The molecule has 0 saturated carbocycles. The minimum Gasteiger partial charge on any atom is -0.311 e. The fraction of sp³-hybridized carbons (Fsp3) is 0.119. The molecule has 1 heterocycles. The lowest BCUT2D eigenvalue weighted by Crippen LogP contribution is -2.23. The van der Waals surface area contributed by atoms with E-state index in [4.69, 9.17) is 4.98 Å². The van der Waals surface area contributed by atoms with Gasteiger partial charge >= 0.3 is 0 Å². The normalized spacial score (nSPS) is 13.0. The van der Waals surface area contributed by atoms with Gasteiger partial charge in [0.1, 0.15) is 5.01 Å². The van der Waals surface area contributed by atoms with E-state index in [-0.39, 0.29) is 5.41 Å². The molecule has 0 spiro atoms. The Labute approximate surface area is 269 Å². The summed E-state index contributed by atoms with van der Waals surface area (Å²) >= 11 is 1.78. The lowest BCUT2D eigenvalue weighted by atomic mass is 9.73. The van der Waals surface area contributed by atoms with Gasteiger partial charge in [-0.1, -0.05) is 98.8 Å². The summed E-state index contributed by atoms with van der Waals surface area (Å²) in [5.74, 6) is 0. The van der Waals surface area contributed by atoms with Gasteiger partial charge in [0.15, 0.2) is 0 Å². The number of nitrogens with zero attached hydrogens (tertiary/aromatic N) is 2. The maximum absolute atomic E-state index is 4.98. The number of aromatic nitrogens is 1. The van der Waals surface area contributed by atoms with Crippen LogP contribution in [0.5, 0.6) is 0 Å². The molecule has 0 fully saturated rings. The quantitative estimate of drug-likeness (QED) is 0.181. The molecule has 1 aliphatic carbocycles. The zero-order valence-corrected chi connectivity index (χ0v) is 26.4. The Bertz CT molecular complexity index is 2050. The largest absolute Gasteiger partial charge is 0.311 e. The summed E-state index contributed by atoms with van der Waals surface area (Å²) < 4.78 is 1.24. The molecule has 1 aromatic heterocycles. The molecule has 218 valence electrons. The Kier molecular flexibility index (Phi) is 6.84. The lowest BCUT2D eigenvalue weighted by molar-refractivity contribution is 0.491. The minimum atomic E-state index is -0.0231. The minimum absolute atomic E-state index is 0.0231. The summed E-state index contributed by atoms with van der Waals surface area (Å²) in [5.41, 5.74) is 13.8. The van der Waals surface area contributed by atoms with Crippen LogP contribution >= 0.6 is 11.3 Å². The summed E-state index contributed by atoms with van der Waals surface area (Å²) in [6.07, 6.45) is 2.11. The smallest absolute Gasteiger partial charge is 0.124 e. The number of rotatable bonds is 7. The number of thiazole rings is 1. The van der Waals surface area contributed by atoms with Crippen LogP contribution in [0.25, 0.3) is 43.0 Å². The summed E-state index contributed by atoms with van der Waals surface area (Å²) in [6.45, 7) is 4.69. The van der Waals surface area contributed by atoms with Crippen LogP contribution in [0.1, 0.15) is 37.8 Å². The number of hydrogen-bond donors (Lipinski definition) is 0. The van der Waals surface area contributed by atoms with Gasteiger partial charge in [0.25, 0.3) is 0 Å². The first kappa shape index (κ1) is 27.6. The second-order valence-electron chi connectivity index (χ2n) is 11.9. The van der Waals surface area contributed by atoms with Crippen molar-refractivity contribution >= 4 is 38.6 Å². The Morgan fingerprint density at radius 2 is 1.04 bits per heavy atom. The Hall–Kier alpha value is -4.99. The molecule has 0 radical (unpaired) electrons. The number of anilines is 3. The predicted molar refractivity (Wildman–Crippen MR) is 192 cm³/mol. The molecule has 0 aliphatic heterocycles. The van der Waals surface area contributed by atoms with Crippen LogP contribution in [0.2, 0.25) is 0 Å². The van der Waals surface area contributed by atoms with Gasteiger partial charge in [0.2, 0.25) is 0 Å². The van der Waals surface area contributed by atoms with Crippen molar-refractivity contribution in [3.05, 3.63) is 157 Å². The Morgan fingerprint density at radius 1 is 0.533 bits per heavy atom. The van der Waals surface area contributed by atoms with Crippen LogP contribution in [0.3, 0.4) is 0 Å². The van der Waals surface area contributed by atoms with E-state index < -0.39 is 0 Å². The zero-order chi connectivity index (χ0) is 30.4. The van der Waals surface area contributed by atoms with Gasteiger partial charge in [0.05, 0.1) is 10.2 Å². The summed E-state index contributed by atoms with van der Waals surface area (Å²) in [6, 6.07) is 52.7. The van der Waals surface area contributed by atoms with Gasteiger partial charge in [0, 0.05) is 28.0 Å². The SMILES string of the molecule is CCC1(CC)c2cc(-c3ccc(N(c4ccccc4)c4ccccc4)cc3)ccc2-c2ccc(-c3nc4ccccc4s3)cc21. The molecule has 8 rings (SSSR count). The topological polar surface area (TPSA) is 16.1 Å². The van der Waals surface area contributed by atoms with Crippen molar-refractivity contribution in [2.24, 2.45) is 0 Å². The van der Waals surface area contributed by atoms with Crippen LogP contribution in [0.4, 0.5) is 17.1 Å². The van der Waals surface area contributed by atoms with Gasteiger partial charge < -0.3 is 4.90 Å². The van der Waals surface area contributed by atoms with Gasteiger partial charge in [-0.25, -0.2) is 4.98 Å². The summed E-state index contributed by atoms with van der Waals surface area (Å²) in [7, 11) is 0. The third-order valence-electron chi connectivity index (χ3n) is 9.60. The molecule has 7 aromatic rings. The maximum Gasteiger partial charge on any atom is 0.124 e. The van der Waals surface area contributed by atoms with Crippen LogP contribution in [-0.2, 0) is 5.41 Å². The van der Waals surface area contributed by atoms with Gasteiger partial charge in [-0.15, -0.1) is 11.3 Å². The zero-order valence-electron chi connectivity index (χ0n) is 25.6. The standard InChI is InChI=1S/C42H34N2S/c1-3-42(4-2)37-27-30(29-19-23-34(24-20-29)44(32-13-7-5-8-14-32)33-15-9-6-10-16-33)21-25-35(37)36-26-22-31(28-38(36)42)41-43-39-17-11-12-18-40(39)45-41/h5-28H,3-4H2,1-2H3. The van der Waals surface area contributed by atoms with Gasteiger partial charge in [-0.2, -0.15) is 0 Å². The third-order valence-corrected chi connectivity index (χ3v) is 10.7. The first-order valence-corrected chi connectivity index (χ1v) is 16.7. The van der Waals surface area contributed by atoms with Crippen molar-refractivity contribution < 1.29 is 0 Å². The van der Waals surface area contributed by atoms with Crippen molar-refractivity contribution in [3.63, 3.8) is 0 Å². The monoisotopic (exact) mass is 598 g/mol. The number of hydrogen-bond acceptors (Lipinski definition) is 3. The highest BCUT2D eigenvalue weighted by molar-refractivity contribution is 7.21.